The molecule has 1 aliphatic rings. The number of hydrogen-bond acceptors (Lipinski definition) is 14. The third-order valence-electron chi connectivity index (χ3n) is 4.30. The second kappa shape index (κ2) is 14.1. The molecule has 14 nitrogen and oxygen atoms in total. The molecular weight excluding hydrogens is 488 g/mol. The van der Waals surface area contributed by atoms with Crippen LogP contribution in [0.4, 0.5) is 0 Å². The second-order valence-corrected chi connectivity index (χ2v) is 7.39. The molecule has 202 valence electrons. The number of ether oxygens (including phenoxy) is 8. The zero-order valence-corrected chi connectivity index (χ0v) is 20.8. The van der Waals surface area contributed by atoms with Crippen LogP contribution in [0.5, 0.6) is 0 Å². The average molecular weight is 518 g/mol. The maximum atomic E-state index is 12.2. The van der Waals surface area contributed by atoms with Crippen molar-refractivity contribution in [1.29, 1.82) is 0 Å². The first-order valence-electron chi connectivity index (χ1n) is 10.8. The fourth-order valence-electron chi connectivity index (χ4n) is 3.07. The van der Waals surface area contributed by atoms with Crippen LogP contribution in [-0.2, 0) is 66.7 Å². The van der Waals surface area contributed by atoms with E-state index in [-0.39, 0.29) is 6.61 Å². The van der Waals surface area contributed by atoms with Crippen molar-refractivity contribution in [3.63, 3.8) is 0 Å². The monoisotopic (exact) mass is 518 g/mol. The summed E-state index contributed by atoms with van der Waals surface area (Å²) in [4.78, 5) is 70.8. The van der Waals surface area contributed by atoms with Crippen LogP contribution in [0.3, 0.4) is 0 Å². The van der Waals surface area contributed by atoms with Gasteiger partial charge in [-0.05, 0) is 6.92 Å². The van der Waals surface area contributed by atoms with Gasteiger partial charge in [-0.25, -0.2) is 4.79 Å². The van der Waals surface area contributed by atoms with Crippen molar-refractivity contribution in [2.75, 3.05) is 13.2 Å². The first-order valence-corrected chi connectivity index (χ1v) is 10.8. The summed E-state index contributed by atoms with van der Waals surface area (Å²) in [5.41, 5.74) is -0.445. The van der Waals surface area contributed by atoms with Gasteiger partial charge in [0.05, 0.1) is 12.2 Å². The highest BCUT2D eigenvalue weighted by molar-refractivity contribution is 5.89. The highest BCUT2D eigenvalue weighted by Gasteiger charge is 2.53. The largest absolute Gasteiger partial charge is 0.463 e. The lowest BCUT2D eigenvalue weighted by molar-refractivity contribution is -0.330. The lowest BCUT2D eigenvalue weighted by atomic mass is 9.98. The maximum Gasteiger partial charge on any atom is 0.339 e. The van der Waals surface area contributed by atoms with E-state index in [0.29, 0.717) is 0 Å². The molecule has 1 rings (SSSR count). The van der Waals surface area contributed by atoms with Gasteiger partial charge in [0, 0.05) is 34.6 Å². The van der Waals surface area contributed by atoms with Crippen molar-refractivity contribution in [2.24, 2.45) is 0 Å². The Kier molecular flexibility index (Phi) is 12.0. The summed E-state index contributed by atoms with van der Waals surface area (Å²) in [7, 11) is 0. The molecule has 0 N–H and O–H groups in total. The van der Waals surface area contributed by atoms with Crippen LogP contribution in [0, 0.1) is 0 Å². The van der Waals surface area contributed by atoms with Crippen LogP contribution in [0.25, 0.3) is 0 Å². The van der Waals surface area contributed by atoms with Gasteiger partial charge in [-0.2, -0.15) is 0 Å². The third-order valence-corrected chi connectivity index (χ3v) is 4.30. The van der Waals surface area contributed by atoms with Crippen LogP contribution < -0.4 is 0 Å². The maximum absolute atomic E-state index is 12.2. The normalized spacial score (nSPS) is 23.9. The quantitative estimate of drug-likeness (QED) is 0.156. The molecular formula is C22H30O14. The van der Waals surface area contributed by atoms with Gasteiger partial charge in [-0.15, -0.1) is 0 Å². The first-order chi connectivity index (χ1) is 16.8. The van der Waals surface area contributed by atoms with Gasteiger partial charge in [0.1, 0.15) is 12.7 Å². The number of hydrogen-bond donors (Lipinski definition) is 0. The zero-order chi connectivity index (χ0) is 27.6. The molecule has 0 aromatic rings. The topological polar surface area (TPSA) is 176 Å². The average Bonchev–Trinajstić information content (AvgIpc) is 2.74. The van der Waals surface area contributed by atoms with Crippen molar-refractivity contribution in [1.82, 2.24) is 0 Å². The Labute approximate surface area is 207 Å². The van der Waals surface area contributed by atoms with Gasteiger partial charge in [0.25, 0.3) is 0 Å². The highest BCUT2D eigenvalue weighted by Crippen LogP contribution is 2.31. The van der Waals surface area contributed by atoms with Gasteiger partial charge in [0.15, 0.2) is 18.3 Å². The molecule has 0 aromatic carbocycles. The zero-order valence-electron chi connectivity index (χ0n) is 20.8. The smallest absolute Gasteiger partial charge is 0.339 e. The Morgan fingerprint density at radius 1 is 0.750 bits per heavy atom. The summed E-state index contributed by atoms with van der Waals surface area (Å²) in [6.07, 6.45) is -9.35. The molecule has 1 fully saturated rings. The van der Waals surface area contributed by atoms with E-state index in [4.69, 9.17) is 37.9 Å². The molecule has 0 amide bonds. The van der Waals surface area contributed by atoms with Crippen LogP contribution in [0.15, 0.2) is 12.2 Å². The minimum atomic E-state index is -1.79. The highest BCUT2D eigenvalue weighted by atomic mass is 16.8. The van der Waals surface area contributed by atoms with Crippen molar-refractivity contribution < 1.29 is 66.7 Å². The number of esters is 6. The Hall–Kier alpha value is -3.52. The fourth-order valence-corrected chi connectivity index (χ4v) is 3.07. The molecule has 1 saturated heterocycles. The predicted octanol–water partition coefficient (Wildman–Crippen LogP) is 0.0946. The van der Waals surface area contributed by atoms with Crippen molar-refractivity contribution in [3.05, 3.63) is 12.2 Å². The summed E-state index contributed by atoms with van der Waals surface area (Å²) in [6, 6.07) is 0. The lowest BCUT2D eigenvalue weighted by Crippen LogP contribution is -2.63. The van der Waals surface area contributed by atoms with E-state index in [0.717, 1.165) is 34.6 Å². The molecule has 1 heterocycles. The minimum absolute atomic E-state index is 0.0241. The molecule has 14 heteroatoms. The summed E-state index contributed by atoms with van der Waals surface area (Å²) < 4.78 is 42.0. The number of rotatable bonds is 11. The Morgan fingerprint density at radius 2 is 1.28 bits per heavy atom. The van der Waals surface area contributed by atoms with Crippen LogP contribution in [0.2, 0.25) is 0 Å². The van der Waals surface area contributed by atoms with Gasteiger partial charge < -0.3 is 37.9 Å². The lowest BCUT2D eigenvalue weighted by Gasteiger charge is -2.44. The number of carbonyl (C=O) groups excluding carboxylic acids is 6. The Bertz CT molecular complexity index is 865. The molecule has 1 aliphatic heterocycles. The molecule has 36 heavy (non-hydrogen) atoms. The van der Waals surface area contributed by atoms with E-state index in [1.165, 1.54) is 6.92 Å². The van der Waals surface area contributed by atoms with Crippen molar-refractivity contribution >= 4 is 35.8 Å². The molecule has 0 aromatic heterocycles. The predicted molar refractivity (Wildman–Crippen MR) is 114 cm³/mol. The van der Waals surface area contributed by atoms with Crippen LogP contribution in [0.1, 0.15) is 41.5 Å². The molecule has 6 atom stereocenters. The standard InChI is InChI=1S/C22H30O14/c1-8-29-20(28)10(2)21(34-15(7)27)36-22-19(33-14(6)26)18(32-13(5)25)17(31-12(4)24)16(35-22)9-30-11(3)23/h16-19,21-22H,2,8-9H2,1,3-7H3/t16-,17-,18+,19-,21-,22+/m1/s1. The van der Waals surface area contributed by atoms with E-state index in [9.17, 15) is 28.8 Å². The molecule has 0 spiro atoms. The molecule has 0 aliphatic carbocycles. The fraction of sp³-hybridized carbons (Fsp3) is 0.636. The first kappa shape index (κ1) is 30.5. The van der Waals surface area contributed by atoms with Crippen LogP contribution in [-0.4, -0.2) is 86.0 Å². The molecule has 0 saturated carbocycles. The summed E-state index contributed by atoms with van der Waals surface area (Å²) >= 11 is 0. The van der Waals surface area contributed by atoms with E-state index in [1.807, 2.05) is 0 Å². The van der Waals surface area contributed by atoms with Crippen molar-refractivity contribution in [2.45, 2.75) is 78.5 Å². The van der Waals surface area contributed by atoms with Gasteiger partial charge in [-0.1, -0.05) is 6.58 Å². The van der Waals surface area contributed by atoms with Gasteiger partial charge >= 0.3 is 35.8 Å². The van der Waals surface area contributed by atoms with E-state index >= 15 is 0 Å². The molecule has 0 radical (unpaired) electrons. The third kappa shape index (κ3) is 9.62. The second-order valence-electron chi connectivity index (χ2n) is 7.39. The van der Waals surface area contributed by atoms with E-state index in [1.54, 1.807) is 0 Å². The minimum Gasteiger partial charge on any atom is -0.463 e. The number of carbonyl (C=O) groups is 6. The SMILES string of the molecule is C=C(C(=O)OCC)[C@H](OC(C)=O)O[C@@H]1O[C@H](COC(C)=O)[C@@H](OC(C)=O)[C@H](OC(C)=O)[C@H]1OC(C)=O. The van der Waals surface area contributed by atoms with Crippen LogP contribution >= 0.6 is 0 Å². The summed E-state index contributed by atoms with van der Waals surface area (Å²) in [6.45, 7) is 9.81. The Balaban J connectivity index is 3.50. The van der Waals surface area contributed by atoms with Crippen molar-refractivity contribution in [3.8, 4) is 0 Å². The summed E-state index contributed by atoms with van der Waals surface area (Å²) in [5, 5.41) is 0. The molecule has 0 unspecified atom stereocenters. The summed E-state index contributed by atoms with van der Waals surface area (Å²) in [5.74, 6) is -5.10. The molecule has 0 bridgehead atoms. The van der Waals surface area contributed by atoms with E-state index < -0.39 is 85.0 Å². The Morgan fingerprint density at radius 3 is 1.75 bits per heavy atom. The van der Waals surface area contributed by atoms with E-state index in [2.05, 4.69) is 6.58 Å². The van der Waals surface area contributed by atoms with Gasteiger partial charge in [-0.3, -0.25) is 24.0 Å². The van der Waals surface area contributed by atoms with Gasteiger partial charge in [0.2, 0.25) is 12.6 Å².